The molecule has 0 unspecified atom stereocenters. The second-order valence-electron chi connectivity index (χ2n) is 5.88. The smallest absolute Gasteiger partial charge is 0.243 e. The van der Waals surface area contributed by atoms with Gasteiger partial charge in [-0.25, -0.2) is 0 Å². The minimum atomic E-state index is -0.214. The van der Waals surface area contributed by atoms with Crippen LogP contribution < -0.4 is 5.73 Å². The van der Waals surface area contributed by atoms with E-state index >= 15 is 0 Å². The van der Waals surface area contributed by atoms with Crippen LogP contribution in [0.5, 0.6) is 0 Å². The fourth-order valence-electron chi connectivity index (χ4n) is 2.71. The zero-order valence-electron chi connectivity index (χ0n) is 13.3. The van der Waals surface area contributed by atoms with Crippen molar-refractivity contribution in [3.05, 3.63) is 47.6 Å². The van der Waals surface area contributed by atoms with Crippen LogP contribution in [0, 0.1) is 5.92 Å². The lowest BCUT2D eigenvalue weighted by molar-refractivity contribution is 0.315. The van der Waals surface area contributed by atoms with Crippen molar-refractivity contribution in [2.24, 2.45) is 11.7 Å². The minimum Gasteiger partial charge on any atom is -0.338 e. The third-order valence-corrected chi connectivity index (χ3v) is 4.41. The summed E-state index contributed by atoms with van der Waals surface area (Å²) in [6.07, 6.45) is 1.84. The van der Waals surface area contributed by atoms with E-state index in [4.69, 9.17) is 10.3 Å². The molecular weight excluding hydrogens is 262 g/mol. The SMILES string of the molecule is CCC(CC)(c1ccccc1)c1noc([C@H](N)C(C)C)n1. The molecule has 1 heterocycles. The second-order valence-corrected chi connectivity index (χ2v) is 5.88. The van der Waals surface area contributed by atoms with Gasteiger partial charge in [0.2, 0.25) is 5.89 Å². The van der Waals surface area contributed by atoms with E-state index in [2.05, 4.69) is 62.1 Å². The van der Waals surface area contributed by atoms with E-state index in [0.717, 1.165) is 18.7 Å². The Bertz CT molecular complexity index is 558. The minimum absolute atomic E-state index is 0.209. The van der Waals surface area contributed by atoms with Gasteiger partial charge in [-0.3, -0.25) is 0 Å². The van der Waals surface area contributed by atoms with Crippen LogP contribution in [0.25, 0.3) is 0 Å². The summed E-state index contributed by atoms with van der Waals surface area (Å²) in [5.41, 5.74) is 7.13. The lowest BCUT2D eigenvalue weighted by Crippen LogP contribution is -2.28. The van der Waals surface area contributed by atoms with Crippen molar-refractivity contribution in [2.75, 3.05) is 0 Å². The molecule has 0 spiro atoms. The molecule has 0 aliphatic heterocycles. The van der Waals surface area contributed by atoms with E-state index in [0.29, 0.717) is 5.89 Å². The van der Waals surface area contributed by atoms with Gasteiger partial charge in [-0.15, -0.1) is 0 Å². The third-order valence-electron chi connectivity index (χ3n) is 4.41. The van der Waals surface area contributed by atoms with E-state index in [1.165, 1.54) is 5.56 Å². The number of nitrogens with zero attached hydrogens (tertiary/aromatic N) is 2. The van der Waals surface area contributed by atoms with Crippen molar-refractivity contribution in [3.8, 4) is 0 Å². The van der Waals surface area contributed by atoms with Crippen molar-refractivity contribution in [3.63, 3.8) is 0 Å². The van der Waals surface area contributed by atoms with E-state index in [1.807, 2.05) is 6.07 Å². The van der Waals surface area contributed by atoms with Crippen molar-refractivity contribution in [1.29, 1.82) is 0 Å². The molecule has 2 rings (SSSR count). The first-order chi connectivity index (χ1) is 10.0. The van der Waals surface area contributed by atoms with Gasteiger partial charge in [0.15, 0.2) is 5.82 Å². The lowest BCUT2D eigenvalue weighted by Gasteiger charge is -2.28. The Balaban J connectivity index is 2.45. The highest BCUT2D eigenvalue weighted by Gasteiger charge is 2.36. The van der Waals surface area contributed by atoms with Crippen LogP contribution >= 0.6 is 0 Å². The zero-order valence-corrected chi connectivity index (χ0v) is 13.3. The highest BCUT2D eigenvalue weighted by molar-refractivity contribution is 5.32. The molecule has 0 bridgehead atoms. The van der Waals surface area contributed by atoms with Crippen molar-refractivity contribution in [2.45, 2.75) is 52.0 Å². The van der Waals surface area contributed by atoms with Gasteiger partial charge in [0.05, 0.1) is 11.5 Å². The highest BCUT2D eigenvalue weighted by atomic mass is 16.5. The molecule has 0 radical (unpaired) electrons. The largest absolute Gasteiger partial charge is 0.338 e. The molecule has 4 nitrogen and oxygen atoms in total. The third kappa shape index (κ3) is 2.86. The molecular formula is C17H25N3O. The average molecular weight is 287 g/mol. The van der Waals surface area contributed by atoms with Gasteiger partial charge in [0.25, 0.3) is 0 Å². The van der Waals surface area contributed by atoms with E-state index in [1.54, 1.807) is 0 Å². The van der Waals surface area contributed by atoms with Gasteiger partial charge in [0, 0.05) is 0 Å². The maximum absolute atomic E-state index is 6.12. The predicted octanol–water partition coefficient (Wildman–Crippen LogP) is 3.83. The van der Waals surface area contributed by atoms with Crippen LogP contribution in [-0.4, -0.2) is 10.1 Å². The Kier molecular flexibility index (Phi) is 4.78. The van der Waals surface area contributed by atoms with Gasteiger partial charge < -0.3 is 10.3 Å². The first-order valence-electron chi connectivity index (χ1n) is 7.70. The normalized spacial score (nSPS) is 13.6. The molecule has 0 aliphatic rings. The quantitative estimate of drug-likeness (QED) is 0.877. The summed E-state index contributed by atoms with van der Waals surface area (Å²) < 4.78 is 5.43. The van der Waals surface area contributed by atoms with Gasteiger partial charge in [0.1, 0.15) is 0 Å². The summed E-state index contributed by atoms with van der Waals surface area (Å²) in [6, 6.07) is 10.2. The molecule has 2 N–H and O–H groups in total. The van der Waals surface area contributed by atoms with Crippen molar-refractivity contribution >= 4 is 0 Å². The molecule has 1 atom stereocenters. The first kappa shape index (κ1) is 15.7. The fraction of sp³-hybridized carbons (Fsp3) is 0.529. The van der Waals surface area contributed by atoms with Crippen LogP contribution in [0.1, 0.15) is 63.9 Å². The van der Waals surface area contributed by atoms with Crippen molar-refractivity contribution < 1.29 is 4.52 Å². The summed E-state index contributed by atoms with van der Waals surface area (Å²) in [5, 5.41) is 4.24. The lowest BCUT2D eigenvalue weighted by atomic mass is 9.75. The zero-order chi connectivity index (χ0) is 15.5. The van der Waals surface area contributed by atoms with Crippen molar-refractivity contribution in [1.82, 2.24) is 10.1 Å². The molecule has 2 aromatic rings. The Morgan fingerprint density at radius 3 is 2.29 bits per heavy atom. The summed E-state index contributed by atoms with van der Waals surface area (Å²) in [6.45, 7) is 8.43. The maximum Gasteiger partial charge on any atom is 0.243 e. The number of benzene rings is 1. The van der Waals surface area contributed by atoms with Crippen LogP contribution in [0.4, 0.5) is 0 Å². The summed E-state index contributed by atoms with van der Waals surface area (Å²) >= 11 is 0. The molecule has 0 saturated carbocycles. The van der Waals surface area contributed by atoms with Gasteiger partial charge in [-0.1, -0.05) is 63.2 Å². The van der Waals surface area contributed by atoms with E-state index in [9.17, 15) is 0 Å². The Morgan fingerprint density at radius 2 is 1.76 bits per heavy atom. The first-order valence-corrected chi connectivity index (χ1v) is 7.70. The molecule has 1 aromatic carbocycles. The fourth-order valence-corrected chi connectivity index (χ4v) is 2.71. The van der Waals surface area contributed by atoms with Gasteiger partial charge in [-0.05, 0) is 24.3 Å². The molecule has 114 valence electrons. The number of nitrogens with two attached hydrogens (primary N) is 1. The molecule has 0 fully saturated rings. The van der Waals surface area contributed by atoms with Gasteiger partial charge in [-0.2, -0.15) is 4.98 Å². The van der Waals surface area contributed by atoms with E-state index < -0.39 is 0 Å². The van der Waals surface area contributed by atoms with Crippen LogP contribution in [0.3, 0.4) is 0 Å². The van der Waals surface area contributed by atoms with Crippen LogP contribution in [0.15, 0.2) is 34.9 Å². The monoisotopic (exact) mass is 287 g/mol. The summed E-state index contributed by atoms with van der Waals surface area (Å²) in [7, 11) is 0. The predicted molar refractivity (Wildman–Crippen MR) is 83.9 cm³/mol. The molecule has 1 aromatic heterocycles. The molecule has 0 saturated heterocycles. The molecule has 0 amide bonds. The van der Waals surface area contributed by atoms with Crippen LogP contribution in [0.2, 0.25) is 0 Å². The highest BCUT2D eigenvalue weighted by Crippen LogP contribution is 2.37. The molecule has 21 heavy (non-hydrogen) atoms. The van der Waals surface area contributed by atoms with Crippen LogP contribution in [-0.2, 0) is 5.41 Å². The second kappa shape index (κ2) is 6.39. The number of hydrogen-bond acceptors (Lipinski definition) is 4. The molecule has 4 heteroatoms. The Morgan fingerprint density at radius 1 is 1.14 bits per heavy atom. The summed E-state index contributed by atoms with van der Waals surface area (Å²) in [4.78, 5) is 4.62. The standard InChI is InChI=1S/C17H25N3O/c1-5-17(6-2,13-10-8-7-9-11-13)16-19-15(21-20-16)14(18)12(3)4/h7-12,14H,5-6,18H2,1-4H3/t14-/m1/s1. The average Bonchev–Trinajstić information content (AvgIpc) is 2.99. The number of aromatic nitrogens is 2. The summed E-state index contributed by atoms with van der Waals surface area (Å²) in [5.74, 6) is 1.54. The van der Waals surface area contributed by atoms with Gasteiger partial charge >= 0.3 is 0 Å². The Hall–Kier alpha value is -1.68. The number of rotatable bonds is 6. The number of hydrogen-bond donors (Lipinski definition) is 1. The maximum atomic E-state index is 6.12. The molecule has 0 aliphatic carbocycles. The Labute approximate surface area is 126 Å². The topological polar surface area (TPSA) is 64.9 Å². The van der Waals surface area contributed by atoms with E-state index in [-0.39, 0.29) is 17.4 Å².